The quantitative estimate of drug-likeness (QED) is 0.677. The van der Waals surface area contributed by atoms with E-state index in [1.807, 2.05) is 0 Å². The van der Waals surface area contributed by atoms with E-state index in [9.17, 15) is 9.59 Å². The minimum absolute atomic E-state index is 0.0416. The fourth-order valence-corrected chi connectivity index (χ4v) is 3.83. The lowest BCUT2D eigenvalue weighted by Gasteiger charge is -2.19. The van der Waals surface area contributed by atoms with E-state index in [-0.39, 0.29) is 24.0 Å². The lowest BCUT2D eigenvalue weighted by molar-refractivity contribution is -0.120. The van der Waals surface area contributed by atoms with Crippen molar-refractivity contribution in [1.29, 1.82) is 0 Å². The monoisotopic (exact) mass is 390 g/mol. The van der Waals surface area contributed by atoms with Gasteiger partial charge >= 0.3 is 0 Å². The molecule has 146 valence electrons. The van der Waals surface area contributed by atoms with Crippen LogP contribution in [0.4, 0.5) is 5.13 Å². The van der Waals surface area contributed by atoms with Crippen LogP contribution in [0.15, 0.2) is 28.2 Å². The number of aromatic nitrogens is 1. The van der Waals surface area contributed by atoms with Crippen LogP contribution in [0.5, 0.6) is 0 Å². The summed E-state index contributed by atoms with van der Waals surface area (Å²) in [7, 11) is 0. The number of carbonyl (C=O) groups is 2. The van der Waals surface area contributed by atoms with Gasteiger partial charge in [0.1, 0.15) is 0 Å². The van der Waals surface area contributed by atoms with Crippen molar-refractivity contribution in [1.82, 2.24) is 15.2 Å². The highest BCUT2D eigenvalue weighted by molar-refractivity contribution is 7.14. The largest absolute Gasteiger partial charge is 0.459 e. The Morgan fingerprint density at radius 2 is 2.04 bits per heavy atom. The molecule has 3 heterocycles. The van der Waals surface area contributed by atoms with Crippen LogP contribution >= 0.6 is 11.3 Å². The number of hydrogen-bond donors (Lipinski definition) is 2. The van der Waals surface area contributed by atoms with E-state index in [4.69, 9.17) is 4.42 Å². The number of amides is 2. The molecule has 0 aliphatic carbocycles. The Balaban J connectivity index is 1.34. The maximum absolute atomic E-state index is 12.1. The molecule has 0 bridgehead atoms. The maximum Gasteiger partial charge on any atom is 0.293 e. The summed E-state index contributed by atoms with van der Waals surface area (Å²) in [6.45, 7) is 4.08. The Bertz CT molecular complexity index is 721. The van der Waals surface area contributed by atoms with Crippen molar-refractivity contribution < 1.29 is 14.0 Å². The number of thiazole rings is 1. The zero-order valence-corrected chi connectivity index (χ0v) is 16.2. The second-order valence-electron chi connectivity index (χ2n) is 6.71. The molecule has 1 saturated heterocycles. The smallest absolute Gasteiger partial charge is 0.293 e. The lowest BCUT2D eigenvalue weighted by atomic mass is 10.2. The molecule has 2 N–H and O–H groups in total. The van der Waals surface area contributed by atoms with Gasteiger partial charge in [-0.05, 0) is 51.0 Å². The number of likely N-dealkylation sites (tertiary alicyclic amines) is 1. The van der Waals surface area contributed by atoms with E-state index >= 15 is 0 Å². The highest BCUT2D eigenvalue weighted by Crippen LogP contribution is 2.17. The standard InChI is InChI=1S/C19H26N4O3S/c24-17(20-8-6-11-23-9-3-1-2-4-10-23)13-15-14-27-19(21-15)22-18(25)16-7-5-12-26-16/h5,7,12,14H,1-4,6,8-11,13H2,(H,20,24)(H,21,22,25). The van der Waals surface area contributed by atoms with Crippen molar-refractivity contribution >= 4 is 28.3 Å². The molecule has 0 spiro atoms. The van der Waals surface area contributed by atoms with Gasteiger partial charge < -0.3 is 14.6 Å². The van der Waals surface area contributed by atoms with Crippen molar-refractivity contribution in [3.8, 4) is 0 Å². The van der Waals surface area contributed by atoms with Gasteiger partial charge in [-0.2, -0.15) is 0 Å². The van der Waals surface area contributed by atoms with E-state index < -0.39 is 0 Å². The van der Waals surface area contributed by atoms with Gasteiger partial charge in [-0.3, -0.25) is 14.9 Å². The first kappa shape index (κ1) is 19.6. The normalized spacial score (nSPS) is 15.3. The van der Waals surface area contributed by atoms with Crippen molar-refractivity contribution in [3.63, 3.8) is 0 Å². The van der Waals surface area contributed by atoms with Gasteiger partial charge in [0, 0.05) is 11.9 Å². The van der Waals surface area contributed by atoms with E-state index in [1.54, 1.807) is 17.5 Å². The summed E-state index contributed by atoms with van der Waals surface area (Å²) >= 11 is 1.29. The van der Waals surface area contributed by atoms with Gasteiger partial charge in [0.05, 0.1) is 18.4 Å². The molecule has 2 aromatic heterocycles. The molecular formula is C19H26N4O3S. The average molecular weight is 391 g/mol. The molecule has 2 aromatic rings. The predicted molar refractivity (Wildman–Crippen MR) is 105 cm³/mol. The van der Waals surface area contributed by atoms with Crippen LogP contribution in [0.1, 0.15) is 48.4 Å². The molecule has 1 fully saturated rings. The van der Waals surface area contributed by atoms with Crippen LogP contribution < -0.4 is 10.6 Å². The van der Waals surface area contributed by atoms with Crippen molar-refractivity contribution in [2.45, 2.75) is 38.5 Å². The molecule has 7 nitrogen and oxygen atoms in total. The lowest BCUT2D eigenvalue weighted by Crippen LogP contribution is -2.31. The van der Waals surface area contributed by atoms with E-state index in [2.05, 4.69) is 20.5 Å². The summed E-state index contributed by atoms with van der Waals surface area (Å²) < 4.78 is 5.04. The Kier molecular flexibility index (Phi) is 7.41. The minimum atomic E-state index is -0.348. The number of carbonyl (C=O) groups excluding carboxylic acids is 2. The van der Waals surface area contributed by atoms with Crippen LogP contribution in [0.2, 0.25) is 0 Å². The van der Waals surface area contributed by atoms with Gasteiger partial charge in [0.15, 0.2) is 10.9 Å². The van der Waals surface area contributed by atoms with Crippen LogP contribution in [-0.2, 0) is 11.2 Å². The third-order valence-electron chi connectivity index (χ3n) is 4.53. The Labute approximate surface area is 163 Å². The molecule has 1 aliphatic heterocycles. The summed E-state index contributed by atoms with van der Waals surface area (Å²) in [6.07, 6.45) is 7.88. The molecule has 3 rings (SSSR count). The van der Waals surface area contributed by atoms with Crippen molar-refractivity contribution in [3.05, 3.63) is 35.2 Å². The van der Waals surface area contributed by atoms with Gasteiger partial charge in [0.2, 0.25) is 5.91 Å². The van der Waals surface area contributed by atoms with E-state index in [0.717, 1.165) is 13.0 Å². The Hall–Kier alpha value is -2.19. The second-order valence-corrected chi connectivity index (χ2v) is 7.57. The minimum Gasteiger partial charge on any atom is -0.459 e. The van der Waals surface area contributed by atoms with E-state index in [1.165, 1.54) is 56.4 Å². The van der Waals surface area contributed by atoms with Crippen LogP contribution in [-0.4, -0.2) is 47.9 Å². The first-order valence-electron chi connectivity index (χ1n) is 9.49. The third kappa shape index (κ3) is 6.48. The van der Waals surface area contributed by atoms with Gasteiger partial charge in [0.25, 0.3) is 5.91 Å². The summed E-state index contributed by atoms with van der Waals surface area (Å²) in [5.41, 5.74) is 0.653. The van der Waals surface area contributed by atoms with Crippen molar-refractivity contribution in [2.75, 3.05) is 31.5 Å². The number of anilines is 1. The predicted octanol–water partition coefficient (Wildman–Crippen LogP) is 2.91. The fourth-order valence-electron chi connectivity index (χ4n) is 3.13. The summed E-state index contributed by atoms with van der Waals surface area (Å²) in [6, 6.07) is 3.24. The van der Waals surface area contributed by atoms with Gasteiger partial charge in [-0.25, -0.2) is 4.98 Å². The molecule has 1 aliphatic rings. The second kappa shape index (κ2) is 10.2. The average Bonchev–Trinajstić information content (AvgIpc) is 3.27. The van der Waals surface area contributed by atoms with Crippen LogP contribution in [0.3, 0.4) is 0 Å². The number of nitrogens with zero attached hydrogens (tertiary/aromatic N) is 2. The molecule has 0 unspecified atom stereocenters. The molecule has 27 heavy (non-hydrogen) atoms. The Morgan fingerprint density at radius 1 is 1.22 bits per heavy atom. The van der Waals surface area contributed by atoms with Crippen molar-refractivity contribution in [2.24, 2.45) is 0 Å². The zero-order valence-electron chi connectivity index (χ0n) is 15.4. The molecule has 0 saturated carbocycles. The molecule has 0 aromatic carbocycles. The van der Waals surface area contributed by atoms with Gasteiger partial charge in [-0.15, -0.1) is 11.3 Å². The zero-order chi connectivity index (χ0) is 18.9. The number of rotatable bonds is 8. The fraction of sp³-hybridized carbons (Fsp3) is 0.526. The van der Waals surface area contributed by atoms with Crippen LogP contribution in [0, 0.1) is 0 Å². The molecule has 8 heteroatoms. The maximum atomic E-state index is 12.1. The highest BCUT2D eigenvalue weighted by atomic mass is 32.1. The molecular weight excluding hydrogens is 364 g/mol. The van der Waals surface area contributed by atoms with Gasteiger partial charge in [-0.1, -0.05) is 12.8 Å². The third-order valence-corrected chi connectivity index (χ3v) is 5.34. The Morgan fingerprint density at radius 3 is 2.78 bits per heavy atom. The number of hydrogen-bond acceptors (Lipinski definition) is 6. The number of nitrogens with one attached hydrogen (secondary N) is 2. The number of furan rings is 1. The first-order chi connectivity index (χ1) is 13.2. The van der Waals surface area contributed by atoms with Crippen LogP contribution in [0.25, 0.3) is 0 Å². The van der Waals surface area contributed by atoms with E-state index in [0.29, 0.717) is 17.4 Å². The molecule has 0 radical (unpaired) electrons. The summed E-state index contributed by atoms with van der Waals surface area (Å²) in [4.78, 5) is 30.8. The highest BCUT2D eigenvalue weighted by Gasteiger charge is 2.13. The molecule has 2 amide bonds. The summed E-state index contributed by atoms with van der Waals surface area (Å²) in [5.74, 6) is -0.159. The SMILES string of the molecule is O=C(Cc1csc(NC(=O)c2ccco2)n1)NCCCN1CCCCCC1. The topological polar surface area (TPSA) is 87.5 Å². The summed E-state index contributed by atoms with van der Waals surface area (Å²) in [5, 5.41) is 7.87. The first-order valence-corrected chi connectivity index (χ1v) is 10.4. The molecule has 0 atom stereocenters.